The van der Waals surface area contributed by atoms with E-state index in [0.717, 1.165) is 31.4 Å². The molecule has 22 heavy (non-hydrogen) atoms. The lowest BCUT2D eigenvalue weighted by Crippen LogP contribution is -2.43. The second-order valence-corrected chi connectivity index (χ2v) is 6.73. The lowest BCUT2D eigenvalue weighted by molar-refractivity contribution is -0.129. The van der Waals surface area contributed by atoms with E-state index in [4.69, 9.17) is 23.2 Å². The van der Waals surface area contributed by atoms with E-state index < -0.39 is 6.04 Å². The summed E-state index contributed by atoms with van der Waals surface area (Å²) in [5.74, 6) is 0.0170. The minimum absolute atomic E-state index is 0.0202. The Morgan fingerprint density at radius 1 is 1.14 bits per heavy atom. The number of amides is 2. The molecular formula is C16H18Cl2N2O2. The molecule has 0 unspecified atom stereocenters. The molecule has 0 bridgehead atoms. The van der Waals surface area contributed by atoms with Crippen molar-refractivity contribution in [2.75, 3.05) is 11.4 Å². The number of hydrogen-bond donors (Lipinski definition) is 1. The number of nitrogens with one attached hydrogen (secondary N) is 1. The first-order chi connectivity index (χ1) is 10.6. The first kappa shape index (κ1) is 15.6. The Bertz CT molecular complexity index is 600. The summed E-state index contributed by atoms with van der Waals surface area (Å²) in [7, 11) is 0. The standard InChI is InChI=1S/C16H18Cl2N2O2/c17-12-6-5-11(9-13(12)18)20-8-7-14(16(20)22)19-15(21)10-3-1-2-4-10/h5-6,9-10,14H,1-4,7-8H2,(H,19,21)/t14-/m1/s1. The normalized spacial score (nSPS) is 22.4. The Labute approximate surface area is 139 Å². The van der Waals surface area contributed by atoms with E-state index in [1.807, 2.05) is 0 Å². The third-order valence-corrected chi connectivity index (χ3v) is 5.20. The predicted molar refractivity (Wildman–Crippen MR) is 87.3 cm³/mol. The number of halogens is 2. The minimum Gasteiger partial charge on any atom is -0.344 e. The van der Waals surface area contributed by atoms with Gasteiger partial charge in [-0.1, -0.05) is 36.0 Å². The Morgan fingerprint density at radius 2 is 1.86 bits per heavy atom. The van der Waals surface area contributed by atoms with E-state index in [1.165, 1.54) is 0 Å². The fraction of sp³-hybridized carbons (Fsp3) is 0.500. The molecule has 0 spiro atoms. The van der Waals surface area contributed by atoms with Crippen LogP contribution in [0.5, 0.6) is 0 Å². The third-order valence-electron chi connectivity index (χ3n) is 4.46. The van der Waals surface area contributed by atoms with Crippen molar-refractivity contribution in [1.82, 2.24) is 5.32 Å². The zero-order chi connectivity index (χ0) is 15.7. The lowest BCUT2D eigenvalue weighted by Gasteiger charge is -2.18. The minimum atomic E-state index is -0.428. The van der Waals surface area contributed by atoms with Crippen LogP contribution >= 0.6 is 23.2 Å². The van der Waals surface area contributed by atoms with E-state index >= 15 is 0 Å². The zero-order valence-electron chi connectivity index (χ0n) is 12.1. The van der Waals surface area contributed by atoms with Gasteiger partial charge < -0.3 is 10.2 Å². The number of anilines is 1. The van der Waals surface area contributed by atoms with Gasteiger partial charge in [0.1, 0.15) is 6.04 Å². The number of benzene rings is 1. The van der Waals surface area contributed by atoms with Crippen LogP contribution in [-0.4, -0.2) is 24.4 Å². The number of hydrogen-bond acceptors (Lipinski definition) is 2. The summed E-state index contributed by atoms with van der Waals surface area (Å²) >= 11 is 11.9. The molecule has 2 fully saturated rings. The second kappa shape index (κ2) is 6.47. The fourth-order valence-corrected chi connectivity index (χ4v) is 3.49. The molecule has 1 aliphatic carbocycles. The molecule has 1 saturated carbocycles. The summed E-state index contributed by atoms with van der Waals surface area (Å²) < 4.78 is 0. The Balaban J connectivity index is 1.66. The average molecular weight is 341 g/mol. The highest BCUT2D eigenvalue weighted by atomic mass is 35.5. The summed E-state index contributed by atoms with van der Waals surface area (Å²) in [6.07, 6.45) is 4.70. The summed E-state index contributed by atoms with van der Waals surface area (Å²) in [4.78, 5) is 26.3. The molecular weight excluding hydrogens is 323 g/mol. The van der Waals surface area contributed by atoms with Crippen molar-refractivity contribution in [3.8, 4) is 0 Å². The van der Waals surface area contributed by atoms with Crippen LogP contribution in [0.4, 0.5) is 5.69 Å². The zero-order valence-corrected chi connectivity index (χ0v) is 13.7. The average Bonchev–Trinajstić information content (AvgIpc) is 3.13. The summed E-state index contributed by atoms with van der Waals surface area (Å²) in [5, 5.41) is 3.79. The van der Waals surface area contributed by atoms with Crippen molar-refractivity contribution in [3.63, 3.8) is 0 Å². The van der Waals surface area contributed by atoms with Crippen LogP contribution in [0.2, 0.25) is 10.0 Å². The van der Waals surface area contributed by atoms with Gasteiger partial charge in [0.2, 0.25) is 11.8 Å². The van der Waals surface area contributed by atoms with Crippen LogP contribution in [-0.2, 0) is 9.59 Å². The first-order valence-electron chi connectivity index (χ1n) is 7.63. The molecule has 118 valence electrons. The number of carbonyl (C=O) groups is 2. The predicted octanol–water partition coefficient (Wildman–Crippen LogP) is 3.41. The molecule has 2 aliphatic rings. The summed E-state index contributed by atoms with van der Waals surface area (Å²) in [6, 6.07) is 4.70. The molecule has 1 heterocycles. The molecule has 1 aromatic carbocycles. The number of rotatable bonds is 3. The van der Waals surface area contributed by atoms with Crippen molar-refractivity contribution in [2.24, 2.45) is 5.92 Å². The third kappa shape index (κ3) is 3.08. The fourth-order valence-electron chi connectivity index (χ4n) is 3.20. The molecule has 0 radical (unpaired) electrons. The number of nitrogens with zero attached hydrogens (tertiary/aromatic N) is 1. The smallest absolute Gasteiger partial charge is 0.249 e. The lowest BCUT2D eigenvalue weighted by atomic mass is 10.1. The monoisotopic (exact) mass is 340 g/mol. The van der Waals surface area contributed by atoms with Gasteiger partial charge in [-0.2, -0.15) is 0 Å². The van der Waals surface area contributed by atoms with E-state index in [9.17, 15) is 9.59 Å². The van der Waals surface area contributed by atoms with Gasteiger partial charge in [-0.15, -0.1) is 0 Å². The molecule has 6 heteroatoms. The van der Waals surface area contributed by atoms with Crippen LogP contribution < -0.4 is 10.2 Å². The van der Waals surface area contributed by atoms with Crippen molar-refractivity contribution in [1.29, 1.82) is 0 Å². The molecule has 1 saturated heterocycles. The van der Waals surface area contributed by atoms with Crippen LogP contribution in [0.15, 0.2) is 18.2 Å². The van der Waals surface area contributed by atoms with Crippen LogP contribution in [0.1, 0.15) is 32.1 Å². The Kier molecular flexibility index (Phi) is 4.59. The first-order valence-corrected chi connectivity index (χ1v) is 8.38. The maximum atomic E-state index is 12.5. The van der Waals surface area contributed by atoms with Gasteiger partial charge in [0.15, 0.2) is 0 Å². The van der Waals surface area contributed by atoms with Crippen molar-refractivity contribution in [3.05, 3.63) is 28.2 Å². The van der Waals surface area contributed by atoms with E-state index in [2.05, 4.69) is 5.32 Å². The maximum Gasteiger partial charge on any atom is 0.249 e. The number of carbonyl (C=O) groups excluding carboxylic acids is 2. The van der Waals surface area contributed by atoms with E-state index in [0.29, 0.717) is 23.0 Å². The van der Waals surface area contributed by atoms with Crippen molar-refractivity contribution >= 4 is 40.7 Å². The van der Waals surface area contributed by atoms with Gasteiger partial charge in [0.25, 0.3) is 0 Å². The molecule has 1 atom stereocenters. The summed E-state index contributed by atoms with van der Waals surface area (Å²) in [6.45, 7) is 0.576. The van der Waals surface area contributed by atoms with Crippen LogP contribution in [0, 0.1) is 5.92 Å². The highest BCUT2D eigenvalue weighted by molar-refractivity contribution is 6.42. The summed E-state index contributed by atoms with van der Waals surface area (Å²) in [5.41, 5.74) is 0.719. The van der Waals surface area contributed by atoms with Gasteiger partial charge in [-0.25, -0.2) is 0 Å². The molecule has 2 amide bonds. The van der Waals surface area contributed by atoms with Gasteiger partial charge in [-0.05, 0) is 37.5 Å². The highest BCUT2D eigenvalue weighted by Gasteiger charge is 2.35. The van der Waals surface area contributed by atoms with Gasteiger partial charge in [0, 0.05) is 18.2 Å². The van der Waals surface area contributed by atoms with Crippen molar-refractivity contribution < 1.29 is 9.59 Å². The van der Waals surface area contributed by atoms with Crippen LogP contribution in [0.25, 0.3) is 0 Å². The molecule has 1 N–H and O–H groups in total. The topological polar surface area (TPSA) is 49.4 Å². The molecule has 1 aromatic rings. The van der Waals surface area contributed by atoms with Gasteiger partial charge >= 0.3 is 0 Å². The second-order valence-electron chi connectivity index (χ2n) is 5.92. The SMILES string of the molecule is O=C(N[C@@H]1CCN(c2ccc(Cl)c(Cl)c2)C1=O)C1CCCC1. The highest BCUT2D eigenvalue weighted by Crippen LogP contribution is 2.30. The molecule has 1 aliphatic heterocycles. The largest absolute Gasteiger partial charge is 0.344 e. The van der Waals surface area contributed by atoms with E-state index in [1.54, 1.807) is 23.1 Å². The van der Waals surface area contributed by atoms with Crippen molar-refractivity contribution in [2.45, 2.75) is 38.1 Å². The molecule has 3 rings (SSSR count). The molecule has 4 nitrogen and oxygen atoms in total. The van der Waals surface area contributed by atoms with Gasteiger partial charge in [-0.3, -0.25) is 9.59 Å². The molecule has 0 aromatic heterocycles. The van der Waals surface area contributed by atoms with Crippen LogP contribution in [0.3, 0.4) is 0 Å². The van der Waals surface area contributed by atoms with E-state index in [-0.39, 0.29) is 17.7 Å². The van der Waals surface area contributed by atoms with Gasteiger partial charge in [0.05, 0.1) is 10.0 Å². The Hall–Kier alpha value is -1.26. The Morgan fingerprint density at radius 3 is 2.55 bits per heavy atom. The maximum absolute atomic E-state index is 12.5. The quantitative estimate of drug-likeness (QED) is 0.916.